The summed E-state index contributed by atoms with van der Waals surface area (Å²) in [6, 6.07) is 5.14. The molecule has 0 saturated carbocycles. The molecule has 0 atom stereocenters. The summed E-state index contributed by atoms with van der Waals surface area (Å²) in [6.07, 6.45) is 1.12. The van der Waals surface area contributed by atoms with Gasteiger partial charge in [0.2, 0.25) is 0 Å². The van der Waals surface area contributed by atoms with E-state index < -0.39 is 0 Å². The van der Waals surface area contributed by atoms with Gasteiger partial charge in [-0.3, -0.25) is 10.1 Å². The summed E-state index contributed by atoms with van der Waals surface area (Å²) in [5.74, 6) is 0. The van der Waals surface area contributed by atoms with Crippen molar-refractivity contribution in [3.63, 3.8) is 0 Å². The Hall–Kier alpha value is -1.62. The molecule has 0 aliphatic carbocycles. The molecule has 1 aromatic carbocycles. The number of para-hydroxylation sites is 1. The van der Waals surface area contributed by atoms with E-state index >= 15 is 0 Å². The lowest BCUT2D eigenvalue weighted by atomic mass is 10.1. The van der Waals surface area contributed by atoms with Crippen LogP contribution in [0.3, 0.4) is 0 Å². The SMILES string of the molecule is CCCN(CC)CCNc1c(C)cccc1[N+](=O)[O-]. The Bertz CT molecular complexity index is 421. The van der Waals surface area contributed by atoms with Gasteiger partial charge in [-0.05, 0) is 32.0 Å². The lowest BCUT2D eigenvalue weighted by Crippen LogP contribution is -2.29. The van der Waals surface area contributed by atoms with Gasteiger partial charge in [0.15, 0.2) is 0 Å². The van der Waals surface area contributed by atoms with Gasteiger partial charge in [0, 0.05) is 19.2 Å². The first-order valence-corrected chi connectivity index (χ1v) is 6.80. The third kappa shape index (κ3) is 4.52. The lowest BCUT2D eigenvalue weighted by molar-refractivity contribution is -0.384. The molecular formula is C14H23N3O2. The van der Waals surface area contributed by atoms with Gasteiger partial charge in [0.1, 0.15) is 5.69 Å². The van der Waals surface area contributed by atoms with Gasteiger partial charge in [-0.25, -0.2) is 0 Å². The van der Waals surface area contributed by atoms with Crippen LogP contribution in [-0.2, 0) is 0 Å². The zero-order valence-corrected chi connectivity index (χ0v) is 12.0. The Kier molecular flexibility index (Phi) is 6.29. The van der Waals surface area contributed by atoms with E-state index in [-0.39, 0.29) is 10.6 Å². The average molecular weight is 265 g/mol. The molecule has 0 saturated heterocycles. The second-order valence-electron chi connectivity index (χ2n) is 4.59. The van der Waals surface area contributed by atoms with Crippen LogP contribution in [0.25, 0.3) is 0 Å². The first-order valence-electron chi connectivity index (χ1n) is 6.80. The summed E-state index contributed by atoms with van der Waals surface area (Å²) in [6.45, 7) is 9.86. The molecule has 1 rings (SSSR count). The molecule has 0 spiro atoms. The largest absolute Gasteiger partial charge is 0.378 e. The van der Waals surface area contributed by atoms with E-state index in [1.807, 2.05) is 13.0 Å². The van der Waals surface area contributed by atoms with Crippen LogP contribution in [0.4, 0.5) is 11.4 Å². The van der Waals surface area contributed by atoms with Crippen LogP contribution >= 0.6 is 0 Å². The fraction of sp³-hybridized carbons (Fsp3) is 0.571. The molecule has 19 heavy (non-hydrogen) atoms. The Morgan fingerprint density at radius 1 is 1.32 bits per heavy atom. The van der Waals surface area contributed by atoms with Crippen LogP contribution in [0, 0.1) is 17.0 Å². The number of rotatable bonds is 8. The van der Waals surface area contributed by atoms with Crippen molar-refractivity contribution in [2.45, 2.75) is 27.2 Å². The molecule has 0 aliphatic heterocycles. The highest BCUT2D eigenvalue weighted by Crippen LogP contribution is 2.27. The highest BCUT2D eigenvalue weighted by molar-refractivity contribution is 5.65. The summed E-state index contributed by atoms with van der Waals surface area (Å²) < 4.78 is 0. The van der Waals surface area contributed by atoms with Crippen molar-refractivity contribution >= 4 is 11.4 Å². The lowest BCUT2D eigenvalue weighted by Gasteiger charge is -2.20. The molecule has 0 bridgehead atoms. The molecule has 0 aliphatic rings. The highest BCUT2D eigenvalue weighted by atomic mass is 16.6. The zero-order valence-electron chi connectivity index (χ0n) is 12.0. The second kappa shape index (κ2) is 7.74. The van der Waals surface area contributed by atoms with Gasteiger partial charge < -0.3 is 10.2 Å². The van der Waals surface area contributed by atoms with E-state index in [9.17, 15) is 10.1 Å². The van der Waals surface area contributed by atoms with Crippen molar-refractivity contribution in [2.24, 2.45) is 0 Å². The Labute approximate surface area is 114 Å². The molecule has 0 fully saturated rings. The molecule has 0 unspecified atom stereocenters. The minimum Gasteiger partial charge on any atom is -0.378 e. The smallest absolute Gasteiger partial charge is 0.292 e. The van der Waals surface area contributed by atoms with Crippen LogP contribution in [0.5, 0.6) is 0 Å². The number of anilines is 1. The van der Waals surface area contributed by atoms with Gasteiger partial charge in [0.05, 0.1) is 4.92 Å². The van der Waals surface area contributed by atoms with Crippen molar-refractivity contribution in [3.8, 4) is 0 Å². The average Bonchev–Trinajstić information content (AvgIpc) is 2.39. The van der Waals surface area contributed by atoms with E-state index in [1.54, 1.807) is 12.1 Å². The Balaban J connectivity index is 2.64. The first-order chi connectivity index (χ1) is 9.10. The topological polar surface area (TPSA) is 58.4 Å². The second-order valence-corrected chi connectivity index (χ2v) is 4.59. The molecule has 0 heterocycles. The molecule has 1 N–H and O–H groups in total. The van der Waals surface area contributed by atoms with Crippen molar-refractivity contribution in [2.75, 3.05) is 31.5 Å². The van der Waals surface area contributed by atoms with E-state index in [0.29, 0.717) is 5.69 Å². The van der Waals surface area contributed by atoms with Gasteiger partial charge in [0.25, 0.3) is 5.69 Å². The predicted octanol–water partition coefficient (Wildman–Crippen LogP) is 3.05. The fourth-order valence-electron chi connectivity index (χ4n) is 2.12. The fourth-order valence-corrected chi connectivity index (χ4v) is 2.12. The van der Waals surface area contributed by atoms with E-state index in [0.717, 1.165) is 38.2 Å². The summed E-state index contributed by atoms with van der Waals surface area (Å²) >= 11 is 0. The number of hydrogen-bond donors (Lipinski definition) is 1. The maximum absolute atomic E-state index is 11.0. The number of nitrogens with one attached hydrogen (secondary N) is 1. The van der Waals surface area contributed by atoms with Crippen LogP contribution in [0.2, 0.25) is 0 Å². The first kappa shape index (κ1) is 15.4. The number of hydrogen-bond acceptors (Lipinski definition) is 4. The van der Waals surface area contributed by atoms with Crippen molar-refractivity contribution in [3.05, 3.63) is 33.9 Å². The van der Waals surface area contributed by atoms with E-state index in [2.05, 4.69) is 24.1 Å². The third-order valence-electron chi connectivity index (χ3n) is 3.16. The minimum atomic E-state index is -0.334. The monoisotopic (exact) mass is 265 g/mol. The van der Waals surface area contributed by atoms with Crippen LogP contribution < -0.4 is 5.32 Å². The molecule has 0 radical (unpaired) electrons. The Morgan fingerprint density at radius 2 is 2.05 bits per heavy atom. The molecule has 0 aromatic heterocycles. The van der Waals surface area contributed by atoms with Gasteiger partial charge in [-0.15, -0.1) is 0 Å². The van der Waals surface area contributed by atoms with Crippen molar-refractivity contribution in [1.29, 1.82) is 0 Å². The normalized spacial score (nSPS) is 10.7. The number of likely N-dealkylation sites (N-methyl/N-ethyl adjacent to an activating group) is 1. The van der Waals surface area contributed by atoms with Crippen molar-refractivity contribution in [1.82, 2.24) is 4.90 Å². The van der Waals surface area contributed by atoms with Gasteiger partial charge in [-0.2, -0.15) is 0 Å². The molecule has 0 amide bonds. The molecule has 5 nitrogen and oxygen atoms in total. The molecular weight excluding hydrogens is 242 g/mol. The van der Waals surface area contributed by atoms with E-state index in [4.69, 9.17) is 0 Å². The van der Waals surface area contributed by atoms with Crippen molar-refractivity contribution < 1.29 is 4.92 Å². The summed E-state index contributed by atoms with van der Waals surface area (Å²) in [7, 11) is 0. The number of nitro groups is 1. The number of aryl methyl sites for hydroxylation is 1. The van der Waals surface area contributed by atoms with Crippen LogP contribution in [0.15, 0.2) is 18.2 Å². The molecule has 106 valence electrons. The molecule has 5 heteroatoms. The summed E-state index contributed by atoms with van der Waals surface area (Å²) in [5, 5.41) is 14.2. The number of benzene rings is 1. The minimum absolute atomic E-state index is 0.151. The summed E-state index contributed by atoms with van der Waals surface area (Å²) in [4.78, 5) is 13.0. The van der Waals surface area contributed by atoms with Gasteiger partial charge in [-0.1, -0.05) is 26.0 Å². The predicted molar refractivity (Wildman–Crippen MR) is 78.7 cm³/mol. The van der Waals surface area contributed by atoms with E-state index in [1.165, 1.54) is 0 Å². The quantitative estimate of drug-likeness (QED) is 0.579. The molecule has 1 aromatic rings. The van der Waals surface area contributed by atoms with Crippen LogP contribution in [0.1, 0.15) is 25.8 Å². The third-order valence-corrected chi connectivity index (χ3v) is 3.16. The van der Waals surface area contributed by atoms with Gasteiger partial charge >= 0.3 is 0 Å². The Morgan fingerprint density at radius 3 is 2.63 bits per heavy atom. The van der Waals surface area contributed by atoms with Crippen LogP contribution in [-0.4, -0.2) is 36.0 Å². The number of nitrogens with zero attached hydrogens (tertiary/aromatic N) is 2. The standard InChI is InChI=1S/C14H23N3O2/c1-4-10-16(5-2)11-9-15-14-12(3)7-6-8-13(14)17(18)19/h6-8,15H,4-5,9-11H2,1-3H3. The maximum atomic E-state index is 11.0. The number of nitro benzene ring substituents is 1. The summed E-state index contributed by atoms with van der Waals surface area (Å²) in [5.41, 5.74) is 1.70. The maximum Gasteiger partial charge on any atom is 0.292 e. The zero-order chi connectivity index (χ0) is 14.3. The highest BCUT2D eigenvalue weighted by Gasteiger charge is 2.14.